The van der Waals surface area contributed by atoms with E-state index in [-0.39, 0.29) is 17.4 Å². The van der Waals surface area contributed by atoms with Crippen molar-refractivity contribution in [2.75, 3.05) is 7.11 Å². The number of halogens is 2. The molecule has 166 valence electrons. The van der Waals surface area contributed by atoms with Gasteiger partial charge in [-0.1, -0.05) is 12.1 Å². The number of esters is 1. The van der Waals surface area contributed by atoms with Gasteiger partial charge in [-0.3, -0.25) is 0 Å². The normalized spacial score (nSPS) is 18.0. The lowest BCUT2D eigenvalue weighted by atomic mass is 9.89. The van der Waals surface area contributed by atoms with Crippen molar-refractivity contribution in [3.8, 4) is 16.9 Å². The van der Waals surface area contributed by atoms with Crippen molar-refractivity contribution in [2.45, 2.75) is 51.4 Å². The Balaban J connectivity index is 1.56. The fourth-order valence-electron chi connectivity index (χ4n) is 3.17. The molecule has 0 heterocycles. The van der Waals surface area contributed by atoms with E-state index in [4.69, 9.17) is 14.2 Å². The molecule has 1 N–H and O–H groups in total. The molecular formula is C23H25F2NO5. The van der Waals surface area contributed by atoms with Crippen LogP contribution < -0.4 is 10.1 Å². The van der Waals surface area contributed by atoms with E-state index >= 15 is 0 Å². The van der Waals surface area contributed by atoms with Gasteiger partial charge in [0.05, 0.1) is 12.7 Å². The topological polar surface area (TPSA) is 73.9 Å². The first-order valence-electron chi connectivity index (χ1n) is 9.89. The van der Waals surface area contributed by atoms with Gasteiger partial charge in [-0.25, -0.2) is 18.4 Å². The van der Waals surface area contributed by atoms with E-state index in [1.165, 1.54) is 31.4 Å². The van der Waals surface area contributed by atoms with E-state index < -0.39 is 35.4 Å². The molecule has 1 amide bonds. The standard InChI is InChI=1S/C23H25F2NO5/c1-23(2,3)31-22(28)26-15-11-16(12-15)30-21(27)17-7-5-13(9-18(17)24)14-6-8-20(29-4)19(25)10-14/h5-10,15-16H,11-12H2,1-4H3,(H,26,28)/t15-,16+. The molecular weight excluding hydrogens is 408 g/mol. The van der Waals surface area contributed by atoms with Crippen molar-refractivity contribution in [2.24, 2.45) is 0 Å². The number of carbonyl (C=O) groups is 2. The Hall–Kier alpha value is -3.16. The first kappa shape index (κ1) is 22.5. The molecule has 1 saturated carbocycles. The number of amides is 1. The number of methoxy groups -OCH3 is 1. The summed E-state index contributed by atoms with van der Waals surface area (Å²) in [7, 11) is 1.36. The van der Waals surface area contributed by atoms with E-state index in [2.05, 4.69) is 5.32 Å². The molecule has 0 bridgehead atoms. The minimum absolute atomic E-state index is 0.0874. The van der Waals surface area contributed by atoms with Crippen molar-refractivity contribution in [3.05, 3.63) is 53.6 Å². The van der Waals surface area contributed by atoms with Crippen LogP contribution >= 0.6 is 0 Å². The number of rotatable bonds is 5. The van der Waals surface area contributed by atoms with Crippen molar-refractivity contribution >= 4 is 12.1 Å². The Kier molecular flexibility index (Phi) is 6.48. The van der Waals surface area contributed by atoms with E-state index in [0.717, 1.165) is 6.07 Å². The first-order valence-corrected chi connectivity index (χ1v) is 9.89. The first-order chi connectivity index (χ1) is 14.6. The predicted molar refractivity (Wildman–Crippen MR) is 110 cm³/mol. The Morgan fingerprint density at radius 1 is 1.00 bits per heavy atom. The van der Waals surface area contributed by atoms with Crippen LogP contribution in [0, 0.1) is 11.6 Å². The third kappa shape index (κ3) is 5.71. The Bertz CT molecular complexity index is 980. The highest BCUT2D eigenvalue weighted by molar-refractivity contribution is 5.90. The molecule has 0 aromatic heterocycles. The molecule has 0 radical (unpaired) electrons. The van der Waals surface area contributed by atoms with Crippen molar-refractivity contribution in [1.29, 1.82) is 0 Å². The summed E-state index contributed by atoms with van der Waals surface area (Å²) in [4.78, 5) is 24.1. The summed E-state index contributed by atoms with van der Waals surface area (Å²) < 4.78 is 43.8. The summed E-state index contributed by atoms with van der Waals surface area (Å²) in [6, 6.07) is 8.11. The summed E-state index contributed by atoms with van der Waals surface area (Å²) in [5.74, 6) is -2.03. The summed E-state index contributed by atoms with van der Waals surface area (Å²) in [6.45, 7) is 5.30. The summed E-state index contributed by atoms with van der Waals surface area (Å²) >= 11 is 0. The molecule has 0 atom stereocenters. The monoisotopic (exact) mass is 433 g/mol. The largest absolute Gasteiger partial charge is 0.494 e. The number of ether oxygens (including phenoxy) is 3. The molecule has 8 heteroatoms. The van der Waals surface area contributed by atoms with Gasteiger partial charge in [0.2, 0.25) is 0 Å². The molecule has 0 spiro atoms. The molecule has 1 aliphatic carbocycles. The Morgan fingerprint density at radius 3 is 2.16 bits per heavy atom. The minimum atomic E-state index is -0.786. The second kappa shape index (κ2) is 8.91. The van der Waals surface area contributed by atoms with Gasteiger partial charge in [0, 0.05) is 18.9 Å². The molecule has 1 aliphatic rings. The van der Waals surface area contributed by atoms with Crippen LogP contribution in [0.25, 0.3) is 11.1 Å². The quantitative estimate of drug-likeness (QED) is 0.682. The van der Waals surface area contributed by atoms with Gasteiger partial charge in [-0.05, 0) is 56.2 Å². The molecule has 2 aromatic carbocycles. The summed E-state index contributed by atoms with van der Waals surface area (Å²) in [6.07, 6.45) is -0.0906. The molecule has 1 fully saturated rings. The zero-order valence-electron chi connectivity index (χ0n) is 17.8. The SMILES string of the molecule is COc1ccc(-c2ccc(C(=O)O[C@H]3C[C@@H](NC(=O)OC(C)(C)C)C3)c(F)c2)cc1F. The third-order valence-corrected chi connectivity index (χ3v) is 4.76. The Labute approximate surface area is 179 Å². The van der Waals surface area contributed by atoms with Crippen molar-refractivity contribution in [1.82, 2.24) is 5.32 Å². The number of carbonyl (C=O) groups excluding carboxylic acids is 2. The highest BCUT2D eigenvalue weighted by Gasteiger charge is 2.35. The molecule has 0 unspecified atom stereocenters. The maximum atomic E-state index is 14.5. The van der Waals surface area contributed by atoms with E-state index in [0.29, 0.717) is 24.0 Å². The van der Waals surface area contributed by atoms with Crippen LogP contribution in [0.4, 0.5) is 13.6 Å². The molecule has 3 rings (SSSR count). The highest BCUT2D eigenvalue weighted by Crippen LogP contribution is 2.29. The van der Waals surface area contributed by atoms with Gasteiger partial charge < -0.3 is 19.5 Å². The van der Waals surface area contributed by atoms with E-state index in [1.807, 2.05) is 0 Å². The lowest BCUT2D eigenvalue weighted by Gasteiger charge is -2.35. The molecule has 31 heavy (non-hydrogen) atoms. The van der Waals surface area contributed by atoms with Gasteiger partial charge in [-0.15, -0.1) is 0 Å². The van der Waals surface area contributed by atoms with Gasteiger partial charge in [-0.2, -0.15) is 0 Å². The number of alkyl carbamates (subject to hydrolysis) is 1. The summed E-state index contributed by atoms with van der Waals surface area (Å²) in [5, 5.41) is 2.70. The maximum Gasteiger partial charge on any atom is 0.407 e. The maximum absolute atomic E-state index is 14.5. The zero-order chi connectivity index (χ0) is 22.8. The van der Waals surface area contributed by atoms with E-state index in [9.17, 15) is 18.4 Å². The highest BCUT2D eigenvalue weighted by atomic mass is 19.1. The van der Waals surface area contributed by atoms with Crippen LogP contribution in [0.1, 0.15) is 44.0 Å². The minimum Gasteiger partial charge on any atom is -0.494 e. The van der Waals surface area contributed by atoms with Gasteiger partial charge in [0.15, 0.2) is 11.6 Å². The lowest BCUT2D eigenvalue weighted by Crippen LogP contribution is -2.49. The van der Waals surface area contributed by atoms with Crippen LogP contribution in [-0.4, -0.2) is 36.9 Å². The number of hydrogen-bond acceptors (Lipinski definition) is 5. The average molecular weight is 433 g/mol. The van der Waals surface area contributed by atoms with Crippen LogP contribution in [0.5, 0.6) is 5.75 Å². The van der Waals surface area contributed by atoms with Crippen LogP contribution in [0.3, 0.4) is 0 Å². The van der Waals surface area contributed by atoms with Crippen LogP contribution in [0.2, 0.25) is 0 Å². The fraction of sp³-hybridized carbons (Fsp3) is 0.391. The second-order valence-electron chi connectivity index (χ2n) is 8.39. The fourth-order valence-corrected chi connectivity index (χ4v) is 3.17. The number of hydrogen-bond donors (Lipinski definition) is 1. The van der Waals surface area contributed by atoms with Crippen molar-refractivity contribution in [3.63, 3.8) is 0 Å². The van der Waals surface area contributed by atoms with Crippen molar-refractivity contribution < 1.29 is 32.6 Å². The van der Waals surface area contributed by atoms with Gasteiger partial charge in [0.25, 0.3) is 0 Å². The lowest BCUT2D eigenvalue weighted by molar-refractivity contribution is -0.00524. The molecule has 0 saturated heterocycles. The molecule has 0 aliphatic heterocycles. The zero-order valence-corrected chi connectivity index (χ0v) is 17.8. The van der Waals surface area contributed by atoms with Gasteiger partial charge in [0.1, 0.15) is 17.5 Å². The predicted octanol–water partition coefficient (Wildman–Crippen LogP) is 4.85. The third-order valence-electron chi connectivity index (χ3n) is 4.76. The van der Waals surface area contributed by atoms with E-state index in [1.54, 1.807) is 26.8 Å². The second-order valence-corrected chi connectivity index (χ2v) is 8.39. The Morgan fingerprint density at radius 2 is 1.61 bits per heavy atom. The van der Waals surface area contributed by atoms with Gasteiger partial charge >= 0.3 is 12.1 Å². The van der Waals surface area contributed by atoms with Crippen LogP contribution in [-0.2, 0) is 9.47 Å². The summed E-state index contributed by atoms with van der Waals surface area (Å²) in [5.41, 5.74) is 0.0652. The molecule has 6 nitrogen and oxygen atoms in total. The van der Waals surface area contributed by atoms with Crippen LogP contribution in [0.15, 0.2) is 36.4 Å². The smallest absolute Gasteiger partial charge is 0.407 e. The number of nitrogens with one attached hydrogen (secondary N) is 1. The number of benzene rings is 2. The average Bonchev–Trinajstić information content (AvgIpc) is 2.64. The molecule has 2 aromatic rings.